The third-order valence-electron chi connectivity index (χ3n) is 5.64. The molecule has 31 heavy (non-hydrogen) atoms. The molecule has 2 atom stereocenters. The van der Waals surface area contributed by atoms with Gasteiger partial charge in [0.1, 0.15) is 5.69 Å². The van der Waals surface area contributed by atoms with Gasteiger partial charge in [-0.25, -0.2) is 0 Å². The second kappa shape index (κ2) is 10.4. The molecule has 0 saturated carbocycles. The number of nitrogens with one attached hydrogen (secondary N) is 2. The lowest BCUT2D eigenvalue weighted by atomic mass is 9.92. The van der Waals surface area contributed by atoms with Crippen LogP contribution in [-0.4, -0.2) is 41.9 Å². The maximum absolute atomic E-state index is 12.5. The van der Waals surface area contributed by atoms with Gasteiger partial charge in [-0.1, -0.05) is 26.0 Å². The van der Waals surface area contributed by atoms with Gasteiger partial charge in [0.2, 0.25) is 0 Å². The summed E-state index contributed by atoms with van der Waals surface area (Å²) in [6, 6.07) is 12.0. The van der Waals surface area contributed by atoms with Crippen LogP contribution in [0.15, 0.2) is 42.5 Å². The Balaban J connectivity index is 1.58. The fourth-order valence-corrected chi connectivity index (χ4v) is 4.40. The number of hydrogen-bond donors (Lipinski definition) is 2. The zero-order chi connectivity index (χ0) is 22.4. The highest BCUT2D eigenvalue weighted by Crippen LogP contribution is 2.26. The number of piperidine rings is 1. The molecule has 1 aliphatic rings. The summed E-state index contributed by atoms with van der Waals surface area (Å²) in [6.45, 7) is 10.4. The van der Waals surface area contributed by atoms with Crippen LogP contribution in [0.3, 0.4) is 0 Å². The summed E-state index contributed by atoms with van der Waals surface area (Å²) in [5.74, 6) is 1.07. The van der Waals surface area contributed by atoms with Crippen LogP contribution in [0.4, 0.5) is 17.1 Å². The van der Waals surface area contributed by atoms with Crippen molar-refractivity contribution in [2.75, 3.05) is 36.8 Å². The SMILES string of the molecule is Cc1cccc(NC(=O)c2ccc(NCCCN3C[C@H](C)C[C@@H](C)C3)c([N+](=O)[O-])c2)c1. The van der Waals surface area contributed by atoms with Crippen LogP contribution >= 0.6 is 0 Å². The van der Waals surface area contributed by atoms with Gasteiger partial charge in [0, 0.05) is 37.0 Å². The molecule has 2 N–H and O–H groups in total. The Labute approximate surface area is 184 Å². The highest BCUT2D eigenvalue weighted by atomic mass is 16.6. The van der Waals surface area contributed by atoms with Crippen molar-refractivity contribution in [2.45, 2.75) is 33.6 Å². The summed E-state index contributed by atoms with van der Waals surface area (Å²) in [6.07, 6.45) is 2.19. The highest BCUT2D eigenvalue weighted by molar-refractivity contribution is 6.05. The number of anilines is 2. The van der Waals surface area contributed by atoms with E-state index in [1.807, 2.05) is 25.1 Å². The Kier molecular flexibility index (Phi) is 7.63. The van der Waals surface area contributed by atoms with Gasteiger partial charge in [-0.2, -0.15) is 0 Å². The van der Waals surface area contributed by atoms with Gasteiger partial charge in [-0.15, -0.1) is 0 Å². The standard InChI is InChI=1S/C24H32N4O3/c1-17-6-4-7-21(13-17)26-24(29)20-8-9-22(23(14-20)28(30)31)25-10-5-11-27-15-18(2)12-19(3)16-27/h4,6-9,13-14,18-19,25H,5,10-12,15-16H2,1-3H3,(H,26,29)/t18-,19-/m1/s1. The lowest BCUT2D eigenvalue weighted by Gasteiger charge is -2.34. The number of benzene rings is 2. The molecule has 0 unspecified atom stereocenters. The highest BCUT2D eigenvalue weighted by Gasteiger charge is 2.21. The van der Waals surface area contributed by atoms with Crippen LogP contribution in [0.5, 0.6) is 0 Å². The number of nitro groups is 1. The van der Waals surface area contributed by atoms with Gasteiger partial charge in [0.25, 0.3) is 11.6 Å². The van der Waals surface area contributed by atoms with E-state index in [4.69, 9.17) is 0 Å². The lowest BCUT2D eigenvalue weighted by Crippen LogP contribution is -2.39. The smallest absolute Gasteiger partial charge is 0.293 e. The molecule has 2 aromatic rings. The average Bonchev–Trinajstić information content (AvgIpc) is 2.70. The van der Waals surface area contributed by atoms with Gasteiger partial charge in [-0.3, -0.25) is 14.9 Å². The van der Waals surface area contributed by atoms with Crippen LogP contribution in [0.25, 0.3) is 0 Å². The van der Waals surface area contributed by atoms with Crippen molar-refractivity contribution in [1.82, 2.24) is 4.90 Å². The maximum Gasteiger partial charge on any atom is 0.293 e. The zero-order valence-corrected chi connectivity index (χ0v) is 18.6. The molecular formula is C24H32N4O3. The zero-order valence-electron chi connectivity index (χ0n) is 18.6. The van der Waals surface area contributed by atoms with Crippen molar-refractivity contribution in [1.29, 1.82) is 0 Å². The van der Waals surface area contributed by atoms with E-state index in [9.17, 15) is 14.9 Å². The number of nitro benzene ring substituents is 1. The number of hydrogen-bond acceptors (Lipinski definition) is 5. The number of rotatable bonds is 8. The normalized spacial score (nSPS) is 19.1. The average molecular weight is 425 g/mol. The largest absolute Gasteiger partial charge is 0.379 e. The second-order valence-corrected chi connectivity index (χ2v) is 8.80. The van der Waals surface area contributed by atoms with Crippen LogP contribution in [-0.2, 0) is 0 Å². The molecule has 166 valence electrons. The molecule has 0 bridgehead atoms. The molecular weight excluding hydrogens is 392 g/mol. The monoisotopic (exact) mass is 424 g/mol. The Hall–Kier alpha value is -2.93. The predicted molar refractivity (Wildman–Crippen MR) is 125 cm³/mol. The predicted octanol–water partition coefficient (Wildman–Crippen LogP) is 4.94. The van der Waals surface area contributed by atoms with Crippen molar-refractivity contribution >= 4 is 23.0 Å². The van der Waals surface area contributed by atoms with E-state index in [-0.39, 0.29) is 17.2 Å². The summed E-state index contributed by atoms with van der Waals surface area (Å²) in [5, 5.41) is 17.6. The molecule has 0 aliphatic carbocycles. The van der Waals surface area contributed by atoms with Crippen molar-refractivity contribution in [2.24, 2.45) is 11.8 Å². The minimum absolute atomic E-state index is 0.0860. The van der Waals surface area contributed by atoms with Crippen molar-refractivity contribution < 1.29 is 9.72 Å². The third kappa shape index (κ3) is 6.52. The molecule has 1 saturated heterocycles. The fourth-order valence-electron chi connectivity index (χ4n) is 4.40. The topological polar surface area (TPSA) is 87.5 Å². The molecule has 1 amide bonds. The second-order valence-electron chi connectivity index (χ2n) is 8.80. The molecule has 2 aromatic carbocycles. The quantitative estimate of drug-likeness (QED) is 0.356. The Morgan fingerprint density at radius 1 is 1.16 bits per heavy atom. The minimum atomic E-state index is -0.445. The lowest BCUT2D eigenvalue weighted by molar-refractivity contribution is -0.384. The van der Waals surface area contributed by atoms with Crippen LogP contribution in [0.1, 0.15) is 42.6 Å². The maximum atomic E-state index is 12.5. The Morgan fingerprint density at radius 3 is 2.58 bits per heavy atom. The first kappa shape index (κ1) is 22.7. The number of amides is 1. The van der Waals surface area contributed by atoms with Crippen LogP contribution in [0, 0.1) is 28.9 Å². The van der Waals surface area contributed by atoms with Gasteiger partial charge in [-0.05, 0) is 68.0 Å². The molecule has 3 rings (SSSR count). The fraction of sp³-hybridized carbons (Fsp3) is 0.458. The van der Waals surface area contributed by atoms with E-state index in [2.05, 4.69) is 29.4 Å². The molecule has 7 heteroatoms. The number of carbonyl (C=O) groups is 1. The molecule has 7 nitrogen and oxygen atoms in total. The van der Waals surface area contributed by atoms with E-state index in [1.54, 1.807) is 18.2 Å². The van der Waals surface area contributed by atoms with E-state index in [0.717, 1.165) is 43.5 Å². The van der Waals surface area contributed by atoms with E-state index in [1.165, 1.54) is 12.5 Å². The first-order valence-electron chi connectivity index (χ1n) is 10.9. The molecule has 0 radical (unpaired) electrons. The van der Waals surface area contributed by atoms with Gasteiger partial charge in [0.05, 0.1) is 4.92 Å². The Morgan fingerprint density at radius 2 is 1.90 bits per heavy atom. The summed E-state index contributed by atoms with van der Waals surface area (Å²) >= 11 is 0. The molecule has 1 fully saturated rings. The van der Waals surface area contributed by atoms with Gasteiger partial charge < -0.3 is 15.5 Å². The molecule has 0 spiro atoms. The molecule has 1 aliphatic heterocycles. The van der Waals surface area contributed by atoms with Gasteiger partial charge in [0.15, 0.2) is 0 Å². The Bertz CT molecular complexity index is 921. The van der Waals surface area contributed by atoms with Crippen molar-refractivity contribution in [3.63, 3.8) is 0 Å². The minimum Gasteiger partial charge on any atom is -0.379 e. The number of aryl methyl sites for hydroxylation is 1. The third-order valence-corrected chi connectivity index (χ3v) is 5.64. The molecule has 0 aromatic heterocycles. The number of likely N-dealkylation sites (tertiary alicyclic amines) is 1. The molecule has 1 heterocycles. The summed E-state index contributed by atoms with van der Waals surface area (Å²) < 4.78 is 0. The van der Waals surface area contributed by atoms with Crippen LogP contribution < -0.4 is 10.6 Å². The van der Waals surface area contributed by atoms with E-state index in [0.29, 0.717) is 17.9 Å². The first-order valence-corrected chi connectivity index (χ1v) is 10.9. The number of carbonyl (C=O) groups excluding carboxylic acids is 1. The van der Waals surface area contributed by atoms with E-state index >= 15 is 0 Å². The van der Waals surface area contributed by atoms with Crippen molar-refractivity contribution in [3.05, 3.63) is 63.7 Å². The summed E-state index contributed by atoms with van der Waals surface area (Å²) in [4.78, 5) is 26.2. The van der Waals surface area contributed by atoms with Gasteiger partial charge >= 0.3 is 0 Å². The van der Waals surface area contributed by atoms with E-state index < -0.39 is 4.92 Å². The first-order chi connectivity index (χ1) is 14.8. The summed E-state index contributed by atoms with van der Waals surface area (Å²) in [7, 11) is 0. The summed E-state index contributed by atoms with van der Waals surface area (Å²) in [5.41, 5.74) is 2.30. The van der Waals surface area contributed by atoms with Crippen LogP contribution in [0.2, 0.25) is 0 Å². The number of nitrogens with zero attached hydrogens (tertiary/aromatic N) is 2. The van der Waals surface area contributed by atoms with Crippen molar-refractivity contribution in [3.8, 4) is 0 Å².